The van der Waals surface area contributed by atoms with Gasteiger partial charge in [0.1, 0.15) is 29.6 Å². The molecule has 0 saturated carbocycles. The van der Waals surface area contributed by atoms with E-state index in [1.165, 1.54) is 6.21 Å². The van der Waals surface area contributed by atoms with Gasteiger partial charge in [0.2, 0.25) is 0 Å². The Labute approximate surface area is 237 Å². The molecule has 0 unspecified atom stereocenters. The third-order valence-electron chi connectivity index (χ3n) is 6.03. The first-order valence-corrected chi connectivity index (χ1v) is 13.2. The fraction of sp³-hybridized carbons (Fsp3) is 0.156. The topological polar surface area (TPSA) is 86.0 Å². The van der Waals surface area contributed by atoms with E-state index in [0.29, 0.717) is 39.1 Å². The SMILES string of the molecule is Cc1cc(OCc2ccc(/C=N/NC(=O)c3cc(-c4ccc(OC(C)C)cc4)nc4ccccc34)o2)ccc1Cl. The Bertz CT molecular complexity index is 1680. The molecule has 3 aromatic carbocycles. The number of aryl methyl sites for hydroxylation is 1. The Morgan fingerprint density at radius 3 is 2.58 bits per heavy atom. The number of benzene rings is 3. The van der Waals surface area contributed by atoms with Crippen LogP contribution in [0.5, 0.6) is 11.5 Å². The molecule has 8 heteroatoms. The number of halogens is 1. The lowest BCUT2D eigenvalue weighted by molar-refractivity contribution is 0.0956. The van der Waals surface area contributed by atoms with Crippen LogP contribution in [0.2, 0.25) is 5.02 Å². The van der Waals surface area contributed by atoms with E-state index in [2.05, 4.69) is 10.5 Å². The summed E-state index contributed by atoms with van der Waals surface area (Å²) in [6, 6.07) is 26.0. The van der Waals surface area contributed by atoms with Gasteiger partial charge in [0.05, 0.1) is 29.1 Å². The molecule has 2 aromatic heterocycles. The lowest BCUT2D eigenvalue weighted by Crippen LogP contribution is -2.18. The number of hydrazone groups is 1. The van der Waals surface area contributed by atoms with Crippen LogP contribution in [0.4, 0.5) is 0 Å². The van der Waals surface area contributed by atoms with Gasteiger partial charge >= 0.3 is 0 Å². The maximum absolute atomic E-state index is 13.2. The first-order valence-electron chi connectivity index (χ1n) is 12.8. The number of carbonyl (C=O) groups is 1. The van der Waals surface area contributed by atoms with Crippen LogP contribution < -0.4 is 14.9 Å². The van der Waals surface area contributed by atoms with Gasteiger partial charge in [-0.05, 0) is 93.1 Å². The van der Waals surface area contributed by atoms with Crippen molar-refractivity contribution >= 4 is 34.6 Å². The zero-order chi connectivity index (χ0) is 28.1. The van der Waals surface area contributed by atoms with Crippen molar-refractivity contribution in [2.75, 3.05) is 0 Å². The van der Waals surface area contributed by atoms with Crippen LogP contribution in [0.25, 0.3) is 22.2 Å². The number of rotatable bonds is 9. The Morgan fingerprint density at radius 2 is 1.80 bits per heavy atom. The van der Waals surface area contributed by atoms with E-state index in [-0.39, 0.29) is 18.6 Å². The summed E-state index contributed by atoms with van der Waals surface area (Å²) in [4.78, 5) is 18.0. The fourth-order valence-corrected chi connectivity index (χ4v) is 4.22. The number of furan rings is 1. The first kappa shape index (κ1) is 27.0. The van der Waals surface area contributed by atoms with Crippen LogP contribution in [0, 0.1) is 6.92 Å². The zero-order valence-corrected chi connectivity index (χ0v) is 23.1. The molecule has 40 heavy (non-hydrogen) atoms. The highest BCUT2D eigenvalue weighted by Crippen LogP contribution is 2.27. The number of carbonyl (C=O) groups excluding carboxylic acids is 1. The molecule has 0 saturated heterocycles. The third-order valence-corrected chi connectivity index (χ3v) is 6.46. The molecular formula is C32H28ClN3O4. The lowest BCUT2D eigenvalue weighted by atomic mass is 10.0. The second-order valence-electron chi connectivity index (χ2n) is 9.47. The van der Waals surface area contributed by atoms with Gasteiger partial charge in [-0.25, -0.2) is 10.4 Å². The minimum absolute atomic E-state index is 0.0836. The number of ether oxygens (including phenoxy) is 2. The number of hydrogen-bond donors (Lipinski definition) is 1. The van der Waals surface area contributed by atoms with Crippen LogP contribution in [0.3, 0.4) is 0 Å². The number of nitrogens with one attached hydrogen (secondary N) is 1. The molecular weight excluding hydrogens is 526 g/mol. The van der Waals surface area contributed by atoms with Gasteiger partial charge in [0.25, 0.3) is 5.91 Å². The van der Waals surface area contributed by atoms with Crippen LogP contribution in [0.1, 0.15) is 41.3 Å². The number of hydrogen-bond acceptors (Lipinski definition) is 6. The van der Waals surface area contributed by atoms with Crippen LogP contribution in [-0.2, 0) is 6.61 Å². The highest BCUT2D eigenvalue weighted by Gasteiger charge is 2.14. The summed E-state index contributed by atoms with van der Waals surface area (Å²) >= 11 is 6.07. The molecule has 2 heterocycles. The molecule has 0 aliphatic rings. The van der Waals surface area contributed by atoms with E-state index in [4.69, 9.17) is 30.5 Å². The minimum atomic E-state index is -0.357. The normalized spacial score (nSPS) is 11.3. The van der Waals surface area contributed by atoms with Crippen molar-refractivity contribution in [2.24, 2.45) is 5.10 Å². The summed E-state index contributed by atoms with van der Waals surface area (Å²) in [5.74, 6) is 2.22. The lowest BCUT2D eigenvalue weighted by Gasteiger charge is -2.11. The number of amides is 1. The molecule has 0 fully saturated rings. The summed E-state index contributed by atoms with van der Waals surface area (Å²) in [5, 5.41) is 5.53. The molecule has 7 nitrogen and oxygen atoms in total. The fourth-order valence-electron chi connectivity index (χ4n) is 4.11. The smallest absolute Gasteiger partial charge is 0.272 e. The maximum atomic E-state index is 13.2. The third kappa shape index (κ3) is 6.50. The van der Waals surface area contributed by atoms with E-state index in [1.54, 1.807) is 30.3 Å². The number of para-hydroxylation sites is 1. The number of fused-ring (bicyclic) bond motifs is 1. The molecule has 1 amide bonds. The van der Waals surface area contributed by atoms with Gasteiger partial charge < -0.3 is 13.9 Å². The van der Waals surface area contributed by atoms with Crippen molar-refractivity contribution in [3.05, 3.63) is 113 Å². The Morgan fingerprint density at radius 1 is 1.02 bits per heavy atom. The molecule has 0 bridgehead atoms. The van der Waals surface area contributed by atoms with Gasteiger partial charge in [0.15, 0.2) is 0 Å². The van der Waals surface area contributed by atoms with Gasteiger partial charge in [-0.3, -0.25) is 4.79 Å². The van der Waals surface area contributed by atoms with Gasteiger partial charge in [0, 0.05) is 16.0 Å². The van der Waals surface area contributed by atoms with Crippen molar-refractivity contribution in [1.82, 2.24) is 10.4 Å². The molecule has 0 aliphatic heterocycles. The van der Waals surface area contributed by atoms with E-state index in [0.717, 1.165) is 22.3 Å². The predicted octanol–water partition coefficient (Wildman–Crippen LogP) is 7.59. The zero-order valence-electron chi connectivity index (χ0n) is 22.4. The van der Waals surface area contributed by atoms with E-state index >= 15 is 0 Å². The molecule has 0 spiro atoms. The standard InChI is InChI=1S/C32H28ClN3O4/c1-20(2)39-23-10-8-22(9-11-23)31-17-28(27-6-4-5-7-30(27)35-31)32(37)36-34-18-25-12-13-26(40-25)19-38-24-14-15-29(33)21(3)16-24/h4-18,20H,19H2,1-3H3,(H,36,37)/b34-18+. The van der Waals surface area contributed by atoms with Crippen molar-refractivity contribution < 1.29 is 18.7 Å². The monoisotopic (exact) mass is 553 g/mol. The summed E-state index contributed by atoms with van der Waals surface area (Å²) in [6.45, 7) is 6.13. The van der Waals surface area contributed by atoms with Crippen LogP contribution in [-0.4, -0.2) is 23.2 Å². The quantitative estimate of drug-likeness (QED) is 0.150. The predicted molar refractivity (Wildman–Crippen MR) is 157 cm³/mol. The molecule has 1 N–H and O–H groups in total. The molecule has 202 valence electrons. The van der Waals surface area contributed by atoms with Crippen molar-refractivity contribution in [2.45, 2.75) is 33.5 Å². The van der Waals surface area contributed by atoms with Gasteiger partial charge in [-0.1, -0.05) is 29.8 Å². The van der Waals surface area contributed by atoms with Crippen molar-refractivity contribution in [3.63, 3.8) is 0 Å². The Balaban J connectivity index is 1.28. The molecule has 0 atom stereocenters. The molecule has 5 aromatic rings. The molecule has 5 rings (SSSR count). The first-order chi connectivity index (χ1) is 19.4. The highest BCUT2D eigenvalue weighted by atomic mass is 35.5. The Kier molecular flexibility index (Phi) is 8.12. The number of aromatic nitrogens is 1. The Hall–Kier alpha value is -4.62. The average molecular weight is 554 g/mol. The van der Waals surface area contributed by atoms with Crippen molar-refractivity contribution in [1.29, 1.82) is 0 Å². The number of nitrogens with zero attached hydrogens (tertiary/aromatic N) is 2. The minimum Gasteiger partial charge on any atom is -0.491 e. The van der Waals surface area contributed by atoms with E-state index in [1.807, 2.05) is 75.4 Å². The number of pyridine rings is 1. The maximum Gasteiger partial charge on any atom is 0.272 e. The van der Waals surface area contributed by atoms with Gasteiger partial charge in [-0.2, -0.15) is 5.10 Å². The van der Waals surface area contributed by atoms with E-state index in [9.17, 15) is 4.79 Å². The summed E-state index contributed by atoms with van der Waals surface area (Å²) < 4.78 is 17.3. The highest BCUT2D eigenvalue weighted by molar-refractivity contribution is 6.31. The van der Waals surface area contributed by atoms with Crippen LogP contribution >= 0.6 is 11.6 Å². The largest absolute Gasteiger partial charge is 0.491 e. The van der Waals surface area contributed by atoms with Crippen LogP contribution in [0.15, 0.2) is 94.4 Å². The summed E-state index contributed by atoms with van der Waals surface area (Å²) in [5.41, 5.74) is 6.27. The van der Waals surface area contributed by atoms with Crippen molar-refractivity contribution in [3.8, 4) is 22.8 Å². The summed E-state index contributed by atoms with van der Waals surface area (Å²) in [7, 11) is 0. The second kappa shape index (κ2) is 12.1. The second-order valence-corrected chi connectivity index (χ2v) is 9.87. The molecule has 0 aliphatic carbocycles. The average Bonchev–Trinajstić information content (AvgIpc) is 3.40. The summed E-state index contributed by atoms with van der Waals surface area (Å²) in [6.07, 6.45) is 1.53. The molecule has 0 radical (unpaired) electrons. The van der Waals surface area contributed by atoms with Gasteiger partial charge in [-0.15, -0.1) is 0 Å². The van der Waals surface area contributed by atoms with E-state index < -0.39 is 0 Å².